The highest BCUT2D eigenvalue weighted by molar-refractivity contribution is 5.78. The van der Waals surface area contributed by atoms with E-state index in [9.17, 15) is 36.9 Å². The van der Waals surface area contributed by atoms with Crippen molar-refractivity contribution in [3.63, 3.8) is 0 Å². The minimum Gasteiger partial charge on any atom is -0.460 e. The zero-order chi connectivity index (χ0) is 15.6. The van der Waals surface area contributed by atoms with E-state index in [-0.39, 0.29) is 12.8 Å². The fourth-order valence-corrected chi connectivity index (χ4v) is 2.05. The zero-order valence-electron chi connectivity index (χ0n) is 10.2. The number of rotatable bonds is 4. The van der Waals surface area contributed by atoms with Gasteiger partial charge in [0.1, 0.15) is 6.61 Å². The first-order valence-corrected chi connectivity index (χ1v) is 5.82. The van der Waals surface area contributed by atoms with Crippen LogP contribution in [0.4, 0.5) is 22.0 Å². The van der Waals surface area contributed by atoms with Gasteiger partial charge in [-0.25, -0.2) is 4.79 Å². The molecule has 2 unspecified atom stereocenters. The van der Waals surface area contributed by atoms with Crippen molar-refractivity contribution in [3.8, 4) is 0 Å². The predicted octanol–water partition coefficient (Wildman–Crippen LogP) is 2.56. The molecule has 116 valence electrons. The molecular weight excluding hydrogens is 293 g/mol. The summed E-state index contributed by atoms with van der Waals surface area (Å²) < 4.78 is 64.8. The molecular formula is C10H12F5NO4. The molecule has 0 aromatic heterocycles. The molecule has 0 bridgehead atoms. The van der Waals surface area contributed by atoms with E-state index in [1.165, 1.54) is 0 Å². The summed E-state index contributed by atoms with van der Waals surface area (Å²) in [6.07, 6.45) is -4.47. The average molecular weight is 305 g/mol. The van der Waals surface area contributed by atoms with Gasteiger partial charge < -0.3 is 4.74 Å². The van der Waals surface area contributed by atoms with Crippen molar-refractivity contribution >= 4 is 5.97 Å². The Hall–Kier alpha value is -1.48. The third-order valence-electron chi connectivity index (χ3n) is 3.18. The second-order valence-corrected chi connectivity index (χ2v) is 4.57. The second-order valence-electron chi connectivity index (χ2n) is 4.57. The maximum atomic E-state index is 12.6. The lowest BCUT2D eigenvalue weighted by Crippen LogP contribution is -2.46. The number of nitrogens with zero attached hydrogens (tertiary/aromatic N) is 1. The molecule has 0 spiro atoms. The van der Waals surface area contributed by atoms with Gasteiger partial charge in [0, 0.05) is 11.3 Å². The zero-order valence-corrected chi connectivity index (χ0v) is 10.2. The van der Waals surface area contributed by atoms with Crippen LogP contribution >= 0.6 is 0 Å². The van der Waals surface area contributed by atoms with Gasteiger partial charge in [0.15, 0.2) is 0 Å². The number of nitro groups is 1. The fourth-order valence-electron chi connectivity index (χ4n) is 2.05. The standard InChI is InChI=1S/C10H12F5NO4/c11-9(12,10(13,14)15)8(17)20-5-6-3-1-2-4-7(6)16(18)19/h6-7H,1-5H2. The van der Waals surface area contributed by atoms with Crippen molar-refractivity contribution in [2.45, 2.75) is 43.8 Å². The molecule has 0 saturated heterocycles. The Labute approximate surface area is 110 Å². The molecule has 0 aromatic carbocycles. The van der Waals surface area contributed by atoms with Gasteiger partial charge in [0.2, 0.25) is 6.04 Å². The number of carbonyl (C=O) groups excluding carboxylic acids is 1. The van der Waals surface area contributed by atoms with E-state index in [4.69, 9.17) is 0 Å². The number of ether oxygens (including phenoxy) is 1. The Morgan fingerprint density at radius 3 is 2.25 bits per heavy atom. The van der Waals surface area contributed by atoms with Gasteiger partial charge in [-0.3, -0.25) is 10.1 Å². The Balaban J connectivity index is 2.62. The molecule has 20 heavy (non-hydrogen) atoms. The van der Waals surface area contributed by atoms with Crippen LogP contribution in [0.1, 0.15) is 25.7 Å². The molecule has 0 amide bonds. The summed E-state index contributed by atoms with van der Waals surface area (Å²) in [5.74, 6) is -9.17. The van der Waals surface area contributed by atoms with Crippen LogP contribution in [0, 0.1) is 16.0 Å². The minimum absolute atomic E-state index is 0.185. The molecule has 0 radical (unpaired) electrons. The first-order valence-electron chi connectivity index (χ1n) is 5.82. The number of hydrogen-bond donors (Lipinski definition) is 0. The van der Waals surface area contributed by atoms with Gasteiger partial charge in [-0.05, 0) is 12.8 Å². The largest absolute Gasteiger partial charge is 0.465 e. The second kappa shape index (κ2) is 5.88. The van der Waals surface area contributed by atoms with Gasteiger partial charge in [0.05, 0.1) is 5.92 Å². The number of esters is 1. The van der Waals surface area contributed by atoms with Crippen LogP contribution in [0.15, 0.2) is 0 Å². The van der Waals surface area contributed by atoms with Crippen molar-refractivity contribution in [2.75, 3.05) is 6.61 Å². The van der Waals surface area contributed by atoms with Gasteiger partial charge in [-0.15, -0.1) is 0 Å². The molecule has 0 aromatic rings. The van der Waals surface area contributed by atoms with Gasteiger partial charge in [0.25, 0.3) is 0 Å². The number of hydrogen-bond acceptors (Lipinski definition) is 4. The first kappa shape index (κ1) is 16.6. The highest BCUT2D eigenvalue weighted by atomic mass is 19.4. The molecule has 2 atom stereocenters. The summed E-state index contributed by atoms with van der Waals surface area (Å²) in [5, 5.41) is 10.7. The van der Waals surface area contributed by atoms with E-state index in [0.29, 0.717) is 12.8 Å². The van der Waals surface area contributed by atoms with Gasteiger partial charge in [-0.1, -0.05) is 6.42 Å². The van der Waals surface area contributed by atoms with Crippen LogP contribution in [-0.4, -0.2) is 35.6 Å². The minimum atomic E-state index is -6.04. The molecule has 1 aliphatic carbocycles. The predicted molar refractivity (Wildman–Crippen MR) is 54.7 cm³/mol. The molecule has 0 heterocycles. The molecule has 1 saturated carbocycles. The normalized spacial score (nSPS) is 24.2. The maximum Gasteiger partial charge on any atom is 0.465 e. The summed E-state index contributed by atoms with van der Waals surface area (Å²) >= 11 is 0. The van der Waals surface area contributed by atoms with Crippen LogP contribution in [0.5, 0.6) is 0 Å². The molecule has 1 fully saturated rings. The van der Waals surface area contributed by atoms with Crippen LogP contribution in [-0.2, 0) is 9.53 Å². The van der Waals surface area contributed by atoms with E-state index < -0.39 is 41.6 Å². The SMILES string of the molecule is O=C(OCC1CCCCC1[N+](=O)[O-])C(F)(F)C(F)(F)F. The Kier molecular flexibility index (Phi) is 4.87. The lowest BCUT2D eigenvalue weighted by Gasteiger charge is -2.26. The Morgan fingerprint density at radius 2 is 1.75 bits per heavy atom. The monoisotopic (exact) mass is 305 g/mol. The Bertz CT molecular complexity index is 384. The van der Waals surface area contributed by atoms with Gasteiger partial charge in [-0.2, -0.15) is 22.0 Å². The maximum absolute atomic E-state index is 12.6. The van der Waals surface area contributed by atoms with Crippen LogP contribution in [0.3, 0.4) is 0 Å². The molecule has 5 nitrogen and oxygen atoms in total. The summed E-state index contributed by atoms with van der Waals surface area (Å²) in [6, 6.07) is -1.09. The number of alkyl halides is 5. The highest BCUT2D eigenvalue weighted by Crippen LogP contribution is 2.36. The van der Waals surface area contributed by atoms with Crippen molar-refractivity contribution in [1.29, 1.82) is 0 Å². The fraction of sp³-hybridized carbons (Fsp3) is 0.900. The third kappa shape index (κ3) is 3.54. The van der Waals surface area contributed by atoms with Crippen molar-refractivity contribution in [3.05, 3.63) is 10.1 Å². The highest BCUT2D eigenvalue weighted by Gasteiger charge is 2.65. The van der Waals surface area contributed by atoms with Gasteiger partial charge >= 0.3 is 18.1 Å². The smallest absolute Gasteiger partial charge is 0.460 e. The van der Waals surface area contributed by atoms with Crippen molar-refractivity contribution in [2.24, 2.45) is 5.92 Å². The molecule has 10 heteroatoms. The van der Waals surface area contributed by atoms with E-state index in [1.807, 2.05) is 0 Å². The Morgan fingerprint density at radius 1 is 1.20 bits per heavy atom. The summed E-state index contributed by atoms with van der Waals surface area (Å²) in [4.78, 5) is 20.8. The van der Waals surface area contributed by atoms with E-state index in [2.05, 4.69) is 4.74 Å². The summed E-state index contributed by atoms with van der Waals surface area (Å²) in [6.45, 7) is -0.809. The van der Waals surface area contributed by atoms with E-state index in [0.717, 1.165) is 0 Å². The summed E-state index contributed by atoms with van der Waals surface area (Å²) in [7, 11) is 0. The number of halogens is 5. The first-order chi connectivity index (χ1) is 9.07. The molecule has 0 aliphatic heterocycles. The van der Waals surface area contributed by atoms with E-state index >= 15 is 0 Å². The summed E-state index contributed by atoms with van der Waals surface area (Å²) in [5.41, 5.74) is 0. The molecule has 0 N–H and O–H groups in total. The lowest BCUT2D eigenvalue weighted by molar-refractivity contribution is -0.536. The molecule has 1 aliphatic rings. The van der Waals surface area contributed by atoms with Crippen molar-refractivity contribution in [1.82, 2.24) is 0 Å². The van der Waals surface area contributed by atoms with Crippen molar-refractivity contribution < 1.29 is 36.4 Å². The average Bonchev–Trinajstić information content (AvgIpc) is 2.34. The number of carbonyl (C=O) groups is 1. The van der Waals surface area contributed by atoms with Crippen LogP contribution in [0.25, 0.3) is 0 Å². The van der Waals surface area contributed by atoms with Crippen LogP contribution in [0.2, 0.25) is 0 Å². The lowest BCUT2D eigenvalue weighted by atomic mass is 9.85. The third-order valence-corrected chi connectivity index (χ3v) is 3.18. The molecule has 1 rings (SSSR count). The topological polar surface area (TPSA) is 69.4 Å². The van der Waals surface area contributed by atoms with E-state index in [1.54, 1.807) is 0 Å². The quantitative estimate of drug-likeness (QED) is 0.346. The van der Waals surface area contributed by atoms with Crippen LogP contribution < -0.4 is 0 Å².